The minimum Gasteiger partial charge on any atom is -0.488 e. The molecule has 5 nitrogen and oxygen atoms in total. The van der Waals surface area contributed by atoms with Crippen LogP contribution in [0.15, 0.2) is 30.5 Å². The van der Waals surface area contributed by atoms with Crippen LogP contribution in [0.5, 0.6) is 5.75 Å². The van der Waals surface area contributed by atoms with Crippen molar-refractivity contribution >= 4 is 0 Å². The molecule has 20 heavy (non-hydrogen) atoms. The molecule has 0 saturated heterocycles. The van der Waals surface area contributed by atoms with Gasteiger partial charge < -0.3 is 10.1 Å². The summed E-state index contributed by atoms with van der Waals surface area (Å²) in [7, 11) is 0. The predicted molar refractivity (Wildman–Crippen MR) is 76.6 cm³/mol. The van der Waals surface area contributed by atoms with E-state index in [1.165, 1.54) is 5.56 Å². The predicted octanol–water partition coefficient (Wildman–Crippen LogP) is 1.78. The number of benzene rings is 1. The van der Waals surface area contributed by atoms with Crippen LogP contribution in [-0.4, -0.2) is 27.1 Å². The number of rotatable bonds is 5. The summed E-state index contributed by atoms with van der Waals surface area (Å²) in [5.74, 6) is 0.999. The normalized spacial score (nSPS) is 17.2. The van der Waals surface area contributed by atoms with E-state index in [-0.39, 0.29) is 6.10 Å². The van der Waals surface area contributed by atoms with Gasteiger partial charge in [0.05, 0.1) is 12.2 Å². The average molecular weight is 272 g/mol. The second kappa shape index (κ2) is 5.63. The summed E-state index contributed by atoms with van der Waals surface area (Å²) in [5.41, 5.74) is 2.24. The zero-order chi connectivity index (χ0) is 13.9. The largest absolute Gasteiger partial charge is 0.488 e. The average Bonchev–Trinajstić information content (AvgIpc) is 3.02. The Labute approximate surface area is 118 Å². The number of hydrogen-bond acceptors (Lipinski definition) is 4. The van der Waals surface area contributed by atoms with Gasteiger partial charge in [0.15, 0.2) is 0 Å². The van der Waals surface area contributed by atoms with Gasteiger partial charge in [-0.1, -0.05) is 37.3 Å². The Morgan fingerprint density at radius 2 is 2.25 bits per heavy atom. The van der Waals surface area contributed by atoms with E-state index in [9.17, 15) is 0 Å². The van der Waals surface area contributed by atoms with E-state index in [2.05, 4.69) is 41.6 Å². The molecule has 0 amide bonds. The van der Waals surface area contributed by atoms with E-state index in [4.69, 9.17) is 4.74 Å². The van der Waals surface area contributed by atoms with Crippen molar-refractivity contribution in [2.24, 2.45) is 0 Å². The molecule has 1 aliphatic heterocycles. The van der Waals surface area contributed by atoms with Crippen molar-refractivity contribution in [2.75, 3.05) is 0 Å². The molecule has 1 atom stereocenters. The third kappa shape index (κ3) is 2.99. The van der Waals surface area contributed by atoms with Crippen molar-refractivity contribution in [3.8, 4) is 5.75 Å². The molecule has 1 aromatic carbocycles. The first-order chi connectivity index (χ1) is 9.70. The zero-order valence-electron chi connectivity index (χ0n) is 11.9. The SMILES string of the molecule is CC(C)NCc1cn(CC2Cc3ccccc3O2)nn1. The fraction of sp³-hybridized carbons (Fsp3) is 0.467. The van der Waals surface area contributed by atoms with E-state index in [0.717, 1.165) is 31.0 Å². The highest BCUT2D eigenvalue weighted by Gasteiger charge is 2.23. The molecule has 1 N–H and O–H groups in total. The minimum atomic E-state index is 0.153. The first-order valence-electron chi connectivity index (χ1n) is 7.07. The number of nitrogens with one attached hydrogen (secondary N) is 1. The van der Waals surface area contributed by atoms with Crippen LogP contribution in [-0.2, 0) is 19.5 Å². The first-order valence-corrected chi connectivity index (χ1v) is 7.07. The summed E-state index contributed by atoms with van der Waals surface area (Å²) in [5, 5.41) is 11.7. The van der Waals surface area contributed by atoms with Gasteiger partial charge in [-0.2, -0.15) is 0 Å². The Kier molecular flexibility index (Phi) is 3.69. The van der Waals surface area contributed by atoms with E-state index >= 15 is 0 Å². The van der Waals surface area contributed by atoms with Gasteiger partial charge in [-0.3, -0.25) is 0 Å². The quantitative estimate of drug-likeness (QED) is 0.901. The highest BCUT2D eigenvalue weighted by molar-refractivity contribution is 5.37. The smallest absolute Gasteiger partial charge is 0.123 e. The minimum absolute atomic E-state index is 0.153. The number of fused-ring (bicyclic) bond motifs is 1. The van der Waals surface area contributed by atoms with Crippen LogP contribution < -0.4 is 10.1 Å². The van der Waals surface area contributed by atoms with Crippen LogP contribution in [0.25, 0.3) is 0 Å². The molecule has 2 aromatic rings. The maximum Gasteiger partial charge on any atom is 0.123 e. The molecule has 106 valence electrons. The van der Waals surface area contributed by atoms with Gasteiger partial charge in [-0.05, 0) is 11.6 Å². The highest BCUT2D eigenvalue weighted by Crippen LogP contribution is 2.28. The topological polar surface area (TPSA) is 52.0 Å². The number of hydrogen-bond donors (Lipinski definition) is 1. The molecule has 0 aliphatic carbocycles. The lowest BCUT2D eigenvalue weighted by atomic mass is 10.1. The van der Waals surface area contributed by atoms with Crippen LogP contribution in [0, 0.1) is 0 Å². The molecule has 2 heterocycles. The summed E-state index contributed by atoms with van der Waals surface area (Å²) in [4.78, 5) is 0. The summed E-state index contributed by atoms with van der Waals surface area (Å²) in [6.45, 7) is 5.73. The third-order valence-electron chi connectivity index (χ3n) is 3.38. The number of para-hydroxylation sites is 1. The molecule has 0 saturated carbocycles. The van der Waals surface area contributed by atoms with Crippen molar-refractivity contribution in [3.05, 3.63) is 41.7 Å². The fourth-order valence-corrected chi connectivity index (χ4v) is 2.38. The van der Waals surface area contributed by atoms with Gasteiger partial charge in [0, 0.05) is 25.2 Å². The lowest BCUT2D eigenvalue weighted by Gasteiger charge is -2.09. The Morgan fingerprint density at radius 3 is 3.05 bits per heavy atom. The van der Waals surface area contributed by atoms with Gasteiger partial charge in [0.1, 0.15) is 11.9 Å². The summed E-state index contributed by atoms with van der Waals surface area (Å²) >= 11 is 0. The Hall–Kier alpha value is -1.88. The van der Waals surface area contributed by atoms with Crippen molar-refractivity contribution in [3.63, 3.8) is 0 Å². The van der Waals surface area contributed by atoms with E-state index in [1.54, 1.807) is 0 Å². The van der Waals surface area contributed by atoms with E-state index < -0.39 is 0 Å². The van der Waals surface area contributed by atoms with Gasteiger partial charge in [0.2, 0.25) is 0 Å². The molecule has 1 unspecified atom stereocenters. The summed E-state index contributed by atoms with van der Waals surface area (Å²) in [6.07, 6.45) is 3.08. The molecule has 1 aromatic heterocycles. The highest BCUT2D eigenvalue weighted by atomic mass is 16.5. The molecule has 0 radical (unpaired) electrons. The molecular weight excluding hydrogens is 252 g/mol. The third-order valence-corrected chi connectivity index (χ3v) is 3.38. The van der Waals surface area contributed by atoms with Crippen molar-refractivity contribution in [1.29, 1.82) is 0 Å². The van der Waals surface area contributed by atoms with Crippen molar-refractivity contribution < 1.29 is 4.74 Å². The number of ether oxygens (including phenoxy) is 1. The molecule has 1 aliphatic rings. The van der Waals surface area contributed by atoms with Gasteiger partial charge in [-0.25, -0.2) is 4.68 Å². The van der Waals surface area contributed by atoms with Crippen LogP contribution in [0.3, 0.4) is 0 Å². The molecule has 0 spiro atoms. The first kappa shape index (κ1) is 13.1. The fourth-order valence-electron chi connectivity index (χ4n) is 2.38. The van der Waals surface area contributed by atoms with Gasteiger partial charge in [0.25, 0.3) is 0 Å². The molecular formula is C15H20N4O. The standard InChI is InChI=1S/C15H20N4O/c1-11(2)16-8-13-9-19(18-17-13)10-14-7-12-5-3-4-6-15(12)20-14/h3-6,9,11,14,16H,7-8,10H2,1-2H3. The second-order valence-electron chi connectivity index (χ2n) is 5.52. The Morgan fingerprint density at radius 1 is 1.40 bits per heavy atom. The second-order valence-corrected chi connectivity index (χ2v) is 5.52. The summed E-state index contributed by atoms with van der Waals surface area (Å²) in [6, 6.07) is 8.65. The van der Waals surface area contributed by atoms with E-state index in [0.29, 0.717) is 6.04 Å². The molecule has 0 fully saturated rings. The molecule has 3 rings (SSSR count). The maximum absolute atomic E-state index is 5.91. The van der Waals surface area contributed by atoms with Gasteiger partial charge in [-0.15, -0.1) is 5.10 Å². The van der Waals surface area contributed by atoms with Crippen LogP contribution >= 0.6 is 0 Å². The van der Waals surface area contributed by atoms with Gasteiger partial charge >= 0.3 is 0 Å². The van der Waals surface area contributed by atoms with Crippen LogP contribution in [0.2, 0.25) is 0 Å². The Balaban J connectivity index is 1.57. The molecule has 5 heteroatoms. The lowest BCUT2D eigenvalue weighted by molar-refractivity contribution is 0.202. The molecule has 0 bridgehead atoms. The van der Waals surface area contributed by atoms with Crippen molar-refractivity contribution in [2.45, 2.75) is 45.5 Å². The van der Waals surface area contributed by atoms with Crippen LogP contribution in [0.1, 0.15) is 25.1 Å². The number of aromatic nitrogens is 3. The van der Waals surface area contributed by atoms with Crippen molar-refractivity contribution in [1.82, 2.24) is 20.3 Å². The lowest BCUT2D eigenvalue weighted by Crippen LogP contribution is -2.22. The summed E-state index contributed by atoms with van der Waals surface area (Å²) < 4.78 is 7.78. The maximum atomic E-state index is 5.91. The van der Waals surface area contributed by atoms with Crippen LogP contribution in [0.4, 0.5) is 0 Å². The zero-order valence-corrected chi connectivity index (χ0v) is 11.9. The number of nitrogens with zero attached hydrogens (tertiary/aromatic N) is 3. The van der Waals surface area contributed by atoms with E-state index in [1.807, 2.05) is 23.0 Å². The monoisotopic (exact) mass is 272 g/mol. The Bertz CT molecular complexity index is 554.